The second-order valence-corrected chi connectivity index (χ2v) is 8.95. The molecule has 2 amide bonds. The summed E-state index contributed by atoms with van der Waals surface area (Å²) in [5.74, 6) is 0.468. The molecule has 1 aromatic rings. The van der Waals surface area contributed by atoms with Crippen LogP contribution in [0.4, 0.5) is 4.79 Å². The van der Waals surface area contributed by atoms with Gasteiger partial charge in [-0.15, -0.1) is 0 Å². The lowest BCUT2D eigenvalue weighted by Crippen LogP contribution is -2.43. The Balaban J connectivity index is 1.76. The van der Waals surface area contributed by atoms with Crippen LogP contribution >= 0.6 is 0 Å². The van der Waals surface area contributed by atoms with E-state index in [4.69, 9.17) is 0 Å². The fourth-order valence-electron chi connectivity index (χ4n) is 3.14. The zero-order valence-corrected chi connectivity index (χ0v) is 14.9. The molecular weight excluding hydrogens is 312 g/mol. The summed E-state index contributed by atoms with van der Waals surface area (Å²) in [6, 6.07) is 6.18. The average molecular weight is 338 g/mol. The molecule has 2 atom stereocenters. The van der Waals surface area contributed by atoms with E-state index in [-0.39, 0.29) is 29.5 Å². The van der Waals surface area contributed by atoms with E-state index >= 15 is 0 Å². The Kier molecular flexibility index (Phi) is 5.68. The fraction of sp³-hybridized carbons (Fsp3) is 0.588. The maximum atomic E-state index is 11.9. The van der Waals surface area contributed by atoms with Gasteiger partial charge in [0, 0.05) is 12.6 Å². The largest absolute Gasteiger partial charge is 0.338 e. The number of urea groups is 1. The van der Waals surface area contributed by atoms with E-state index in [0.29, 0.717) is 13.0 Å². The number of carbonyl (C=O) groups is 1. The Morgan fingerprint density at radius 3 is 2.48 bits per heavy atom. The Morgan fingerprint density at radius 2 is 1.91 bits per heavy atom. The Morgan fingerprint density at radius 1 is 1.26 bits per heavy atom. The van der Waals surface area contributed by atoms with Gasteiger partial charge in [0.1, 0.15) is 0 Å². The molecule has 0 unspecified atom stereocenters. The van der Waals surface area contributed by atoms with Crippen LogP contribution in [-0.2, 0) is 16.3 Å². The molecule has 0 spiro atoms. The van der Waals surface area contributed by atoms with E-state index in [1.165, 1.54) is 16.7 Å². The van der Waals surface area contributed by atoms with Crippen molar-refractivity contribution in [2.45, 2.75) is 39.7 Å². The van der Waals surface area contributed by atoms with Crippen LogP contribution in [0.2, 0.25) is 0 Å². The number of amides is 2. The predicted molar refractivity (Wildman–Crippen MR) is 92.4 cm³/mol. The maximum absolute atomic E-state index is 11.9. The molecule has 1 fully saturated rings. The van der Waals surface area contributed by atoms with E-state index in [2.05, 4.69) is 42.7 Å². The smallest absolute Gasteiger partial charge is 0.315 e. The third kappa shape index (κ3) is 5.86. The highest BCUT2D eigenvalue weighted by molar-refractivity contribution is 7.91. The zero-order valence-electron chi connectivity index (χ0n) is 14.1. The molecule has 2 N–H and O–H groups in total. The first-order valence-corrected chi connectivity index (χ1v) is 9.87. The van der Waals surface area contributed by atoms with Crippen LogP contribution in [0, 0.1) is 19.8 Å². The Labute approximate surface area is 138 Å². The van der Waals surface area contributed by atoms with Gasteiger partial charge in [0.05, 0.1) is 11.5 Å². The molecule has 0 bridgehead atoms. The van der Waals surface area contributed by atoms with E-state index in [9.17, 15) is 13.2 Å². The lowest BCUT2D eigenvalue weighted by Gasteiger charge is -2.16. The summed E-state index contributed by atoms with van der Waals surface area (Å²) in [5, 5.41) is 5.70. The highest BCUT2D eigenvalue weighted by atomic mass is 32.2. The third-order valence-corrected chi connectivity index (χ3v) is 5.92. The molecule has 1 saturated heterocycles. The quantitative estimate of drug-likeness (QED) is 0.862. The van der Waals surface area contributed by atoms with Gasteiger partial charge in [0.2, 0.25) is 0 Å². The number of hydrogen-bond donors (Lipinski definition) is 2. The van der Waals surface area contributed by atoms with Gasteiger partial charge in [-0.3, -0.25) is 0 Å². The van der Waals surface area contributed by atoms with Gasteiger partial charge >= 0.3 is 6.03 Å². The number of hydrogen-bond acceptors (Lipinski definition) is 3. The van der Waals surface area contributed by atoms with Crippen LogP contribution in [0.15, 0.2) is 18.2 Å². The molecule has 1 aliphatic heterocycles. The molecule has 2 rings (SSSR count). The minimum absolute atomic E-state index is 0.0171. The normalized spacial score (nSPS) is 20.9. The van der Waals surface area contributed by atoms with Crippen molar-refractivity contribution in [1.82, 2.24) is 10.6 Å². The van der Waals surface area contributed by atoms with Crippen LogP contribution in [-0.4, -0.2) is 38.5 Å². The van der Waals surface area contributed by atoms with Crippen LogP contribution in [0.5, 0.6) is 0 Å². The molecule has 0 saturated carbocycles. The monoisotopic (exact) mass is 338 g/mol. The number of nitrogens with one attached hydrogen (secondary N) is 2. The van der Waals surface area contributed by atoms with Crippen molar-refractivity contribution < 1.29 is 13.2 Å². The summed E-state index contributed by atoms with van der Waals surface area (Å²) in [5.41, 5.74) is 3.65. The summed E-state index contributed by atoms with van der Waals surface area (Å²) < 4.78 is 22.8. The zero-order chi connectivity index (χ0) is 17.0. The topological polar surface area (TPSA) is 75.3 Å². The van der Waals surface area contributed by atoms with Crippen molar-refractivity contribution in [1.29, 1.82) is 0 Å². The molecule has 128 valence electrons. The van der Waals surface area contributed by atoms with E-state index < -0.39 is 9.84 Å². The van der Waals surface area contributed by atoms with Gasteiger partial charge in [0.25, 0.3) is 0 Å². The summed E-state index contributed by atoms with van der Waals surface area (Å²) >= 11 is 0. The average Bonchev–Trinajstić information content (AvgIpc) is 2.74. The van der Waals surface area contributed by atoms with Crippen molar-refractivity contribution in [3.63, 3.8) is 0 Å². The van der Waals surface area contributed by atoms with Crippen molar-refractivity contribution in [2.24, 2.45) is 5.92 Å². The van der Waals surface area contributed by atoms with E-state index in [1.807, 2.05) is 6.92 Å². The molecule has 1 aliphatic rings. The molecule has 1 aromatic carbocycles. The van der Waals surface area contributed by atoms with Crippen molar-refractivity contribution in [3.05, 3.63) is 34.9 Å². The first-order chi connectivity index (χ1) is 10.7. The number of rotatable bonds is 5. The second-order valence-electron chi connectivity index (χ2n) is 6.72. The van der Waals surface area contributed by atoms with Gasteiger partial charge in [-0.05, 0) is 45.1 Å². The van der Waals surface area contributed by atoms with Gasteiger partial charge in [-0.2, -0.15) is 0 Å². The van der Waals surface area contributed by atoms with E-state index in [1.54, 1.807) is 0 Å². The molecule has 0 radical (unpaired) electrons. The molecule has 23 heavy (non-hydrogen) atoms. The molecule has 5 nitrogen and oxygen atoms in total. The van der Waals surface area contributed by atoms with Gasteiger partial charge in [-0.1, -0.05) is 29.3 Å². The van der Waals surface area contributed by atoms with Crippen LogP contribution < -0.4 is 10.6 Å². The number of aryl methyl sites for hydroxylation is 2. The summed E-state index contributed by atoms with van der Waals surface area (Å²) in [6.07, 6.45) is 1.41. The van der Waals surface area contributed by atoms with E-state index in [0.717, 1.165) is 6.42 Å². The van der Waals surface area contributed by atoms with Crippen LogP contribution in [0.1, 0.15) is 30.0 Å². The van der Waals surface area contributed by atoms with Crippen molar-refractivity contribution in [2.75, 3.05) is 18.1 Å². The first kappa shape index (κ1) is 17.8. The number of sulfone groups is 1. The fourth-order valence-corrected chi connectivity index (χ4v) is 5.00. The number of benzene rings is 1. The first-order valence-electron chi connectivity index (χ1n) is 8.05. The summed E-state index contributed by atoms with van der Waals surface area (Å²) in [6.45, 7) is 6.52. The number of carbonyl (C=O) groups excluding carboxylic acids is 1. The molecule has 0 aromatic heterocycles. The second kappa shape index (κ2) is 7.34. The van der Waals surface area contributed by atoms with Crippen LogP contribution in [0.3, 0.4) is 0 Å². The highest BCUT2D eigenvalue weighted by Crippen LogP contribution is 2.17. The third-order valence-electron chi connectivity index (χ3n) is 4.08. The minimum Gasteiger partial charge on any atom is -0.338 e. The minimum atomic E-state index is -2.89. The molecule has 1 heterocycles. The van der Waals surface area contributed by atoms with Crippen molar-refractivity contribution in [3.8, 4) is 0 Å². The SMILES string of the molecule is Cc1cc(C)cc(C[C@@H](C)NC(=O)NC[C@@H]2CCS(=O)(=O)C2)c1. The molecular formula is C17H26N2O3S. The molecule has 6 heteroatoms. The van der Waals surface area contributed by atoms with Gasteiger partial charge < -0.3 is 10.6 Å². The Bertz CT molecular complexity index is 650. The van der Waals surface area contributed by atoms with Crippen molar-refractivity contribution >= 4 is 15.9 Å². The maximum Gasteiger partial charge on any atom is 0.315 e. The Hall–Kier alpha value is -1.56. The lowest BCUT2D eigenvalue weighted by atomic mass is 10.0. The lowest BCUT2D eigenvalue weighted by molar-refractivity contribution is 0.236. The molecule has 0 aliphatic carbocycles. The summed E-state index contributed by atoms with van der Waals surface area (Å²) in [4.78, 5) is 11.9. The predicted octanol–water partition coefficient (Wildman–Crippen LogP) is 1.97. The van der Waals surface area contributed by atoms with Crippen LogP contribution in [0.25, 0.3) is 0 Å². The summed E-state index contributed by atoms with van der Waals surface area (Å²) in [7, 11) is -2.89. The highest BCUT2D eigenvalue weighted by Gasteiger charge is 2.27. The standard InChI is InChI=1S/C17H26N2O3S/c1-12-6-13(2)8-16(7-12)9-14(3)19-17(20)18-10-15-4-5-23(21,22)11-15/h6-8,14-15H,4-5,9-11H2,1-3H3,(H2,18,19,20)/t14-,15+/m1/s1. The van der Waals surface area contributed by atoms with Gasteiger partial charge in [-0.25, -0.2) is 13.2 Å². The van der Waals surface area contributed by atoms with Gasteiger partial charge in [0.15, 0.2) is 9.84 Å².